The highest BCUT2D eigenvalue weighted by Crippen LogP contribution is 2.18. The SMILES string of the molecule is COC(=O)[C@H](Cc1cc(CC(=O)OCc2ccccc2)cc(C[C@H](NC(=O)OC(C)(C)C)C(=O)OC)c1)NC(=O)OC(C)(C)C. The molecule has 2 amide bonds. The first-order valence-corrected chi connectivity index (χ1v) is 14.4. The van der Waals surface area contributed by atoms with Gasteiger partial charge in [-0.3, -0.25) is 4.79 Å². The summed E-state index contributed by atoms with van der Waals surface area (Å²) in [6.07, 6.45) is -1.82. The fraction of sp³-hybridized carbons (Fsp3) is 0.485. The standard InChI is InChI=1S/C33H44N2O10/c1-32(2,3)44-30(39)34-25(28(37)41-7)17-22-14-23(18-26(29(38)42-8)35-31(40)45-33(4,5)6)16-24(15-22)19-27(36)43-20-21-12-10-9-11-13-21/h9-16,25-26H,17-20H2,1-8H3,(H,34,39)(H,35,40)/t25-,26-/m0/s1. The lowest BCUT2D eigenvalue weighted by molar-refractivity contribution is -0.144. The number of esters is 3. The molecule has 12 nitrogen and oxygen atoms in total. The monoisotopic (exact) mass is 628 g/mol. The Morgan fingerprint density at radius 1 is 0.644 bits per heavy atom. The second-order valence-electron chi connectivity index (χ2n) is 12.3. The molecule has 0 saturated heterocycles. The molecule has 0 bridgehead atoms. The molecule has 0 saturated carbocycles. The van der Waals surface area contributed by atoms with Crippen molar-refractivity contribution in [2.75, 3.05) is 14.2 Å². The maximum absolute atomic E-state index is 12.8. The van der Waals surface area contributed by atoms with Gasteiger partial charge in [0.2, 0.25) is 0 Å². The van der Waals surface area contributed by atoms with Gasteiger partial charge in [0, 0.05) is 12.8 Å². The highest BCUT2D eigenvalue weighted by atomic mass is 16.6. The van der Waals surface area contributed by atoms with E-state index in [4.69, 9.17) is 23.7 Å². The minimum atomic E-state index is -1.13. The average Bonchev–Trinajstić information content (AvgIpc) is 2.93. The minimum absolute atomic E-state index is 0.0335. The van der Waals surface area contributed by atoms with Crippen LogP contribution in [0.1, 0.15) is 63.8 Å². The number of hydrogen-bond acceptors (Lipinski definition) is 10. The fourth-order valence-corrected chi connectivity index (χ4v) is 4.18. The molecular weight excluding hydrogens is 584 g/mol. The number of benzene rings is 2. The first-order valence-electron chi connectivity index (χ1n) is 14.4. The molecular formula is C33H44N2O10. The van der Waals surface area contributed by atoms with Gasteiger partial charge >= 0.3 is 30.1 Å². The molecule has 0 fully saturated rings. The Balaban J connectivity index is 2.39. The lowest BCUT2D eigenvalue weighted by Crippen LogP contribution is -2.45. The Morgan fingerprint density at radius 2 is 1.07 bits per heavy atom. The van der Waals surface area contributed by atoms with Crippen LogP contribution in [0.25, 0.3) is 0 Å². The van der Waals surface area contributed by atoms with E-state index < -0.39 is 53.4 Å². The topological polar surface area (TPSA) is 156 Å². The molecule has 0 spiro atoms. The van der Waals surface area contributed by atoms with Gasteiger partial charge in [-0.05, 0) is 63.8 Å². The van der Waals surface area contributed by atoms with E-state index in [1.165, 1.54) is 14.2 Å². The molecule has 0 aromatic heterocycles. The molecule has 45 heavy (non-hydrogen) atoms. The summed E-state index contributed by atoms with van der Waals surface area (Å²) in [7, 11) is 2.39. The van der Waals surface area contributed by atoms with Crippen LogP contribution in [0.2, 0.25) is 0 Å². The van der Waals surface area contributed by atoms with E-state index in [9.17, 15) is 24.0 Å². The normalized spacial score (nSPS) is 12.6. The van der Waals surface area contributed by atoms with Crippen LogP contribution < -0.4 is 10.6 Å². The molecule has 0 radical (unpaired) electrons. The molecule has 2 N–H and O–H groups in total. The smallest absolute Gasteiger partial charge is 0.408 e. The molecule has 0 unspecified atom stereocenters. The molecule has 0 aliphatic carbocycles. The Kier molecular flexibility index (Phi) is 13.4. The van der Waals surface area contributed by atoms with E-state index in [0.29, 0.717) is 16.7 Å². The third kappa shape index (κ3) is 14.1. The third-order valence-electron chi connectivity index (χ3n) is 5.94. The number of amides is 2. The van der Waals surface area contributed by atoms with Crippen LogP contribution in [0.15, 0.2) is 48.5 Å². The molecule has 246 valence electrons. The van der Waals surface area contributed by atoms with Crippen LogP contribution in [0, 0.1) is 0 Å². The summed E-state index contributed by atoms with van der Waals surface area (Å²) >= 11 is 0. The van der Waals surface area contributed by atoms with Crippen LogP contribution in [0.3, 0.4) is 0 Å². The number of carbonyl (C=O) groups is 5. The largest absolute Gasteiger partial charge is 0.467 e. The Labute approximate surface area is 264 Å². The van der Waals surface area contributed by atoms with E-state index in [1.807, 2.05) is 30.3 Å². The summed E-state index contributed by atoms with van der Waals surface area (Å²) in [5, 5.41) is 5.06. The van der Waals surface area contributed by atoms with Gasteiger partial charge in [-0.2, -0.15) is 0 Å². The zero-order chi connectivity index (χ0) is 33.8. The van der Waals surface area contributed by atoms with Crippen molar-refractivity contribution in [1.29, 1.82) is 0 Å². The predicted molar refractivity (Wildman–Crippen MR) is 164 cm³/mol. The highest BCUT2D eigenvalue weighted by molar-refractivity contribution is 5.82. The van der Waals surface area contributed by atoms with Crippen molar-refractivity contribution in [3.63, 3.8) is 0 Å². The first-order chi connectivity index (χ1) is 21.0. The molecule has 0 heterocycles. The average molecular weight is 629 g/mol. The Hall–Kier alpha value is -4.61. The zero-order valence-electron chi connectivity index (χ0n) is 27.2. The molecule has 2 aromatic rings. The summed E-state index contributed by atoms with van der Waals surface area (Å²) in [6, 6.07) is 12.0. The van der Waals surface area contributed by atoms with E-state index >= 15 is 0 Å². The van der Waals surface area contributed by atoms with Crippen molar-refractivity contribution in [1.82, 2.24) is 10.6 Å². The van der Waals surface area contributed by atoms with Crippen molar-refractivity contribution in [2.24, 2.45) is 0 Å². The van der Waals surface area contributed by atoms with Gasteiger partial charge in [0.05, 0.1) is 20.6 Å². The summed E-state index contributed by atoms with van der Waals surface area (Å²) < 4.78 is 25.9. The zero-order valence-corrected chi connectivity index (χ0v) is 27.2. The molecule has 2 rings (SSSR count). The van der Waals surface area contributed by atoms with Crippen molar-refractivity contribution in [3.8, 4) is 0 Å². The Bertz CT molecular complexity index is 1260. The van der Waals surface area contributed by atoms with E-state index in [1.54, 1.807) is 59.7 Å². The van der Waals surface area contributed by atoms with Crippen LogP contribution in [0.4, 0.5) is 9.59 Å². The van der Waals surface area contributed by atoms with Crippen molar-refractivity contribution in [2.45, 2.75) is 90.7 Å². The van der Waals surface area contributed by atoms with E-state index in [2.05, 4.69) is 10.6 Å². The summed E-state index contributed by atoms with van der Waals surface area (Å²) in [4.78, 5) is 63.1. The van der Waals surface area contributed by atoms with Crippen LogP contribution in [0.5, 0.6) is 0 Å². The molecule has 0 aliphatic rings. The van der Waals surface area contributed by atoms with Gasteiger partial charge < -0.3 is 34.3 Å². The number of nitrogens with one attached hydrogen (secondary N) is 2. The summed E-state index contributed by atoms with van der Waals surface area (Å²) in [6.45, 7) is 10.2. The maximum Gasteiger partial charge on any atom is 0.408 e. The number of alkyl carbamates (subject to hydrolysis) is 2. The van der Waals surface area contributed by atoms with E-state index in [-0.39, 0.29) is 25.9 Å². The van der Waals surface area contributed by atoms with Gasteiger partial charge in [-0.1, -0.05) is 48.5 Å². The number of ether oxygens (including phenoxy) is 5. The second-order valence-corrected chi connectivity index (χ2v) is 12.3. The van der Waals surface area contributed by atoms with Crippen LogP contribution in [-0.4, -0.2) is 67.6 Å². The third-order valence-corrected chi connectivity index (χ3v) is 5.94. The predicted octanol–water partition coefficient (Wildman–Crippen LogP) is 4.19. The minimum Gasteiger partial charge on any atom is -0.467 e. The quantitative estimate of drug-likeness (QED) is 0.258. The molecule has 2 atom stereocenters. The van der Waals surface area contributed by atoms with Gasteiger partial charge in [0.1, 0.15) is 29.9 Å². The molecule has 0 aliphatic heterocycles. The number of methoxy groups -OCH3 is 2. The van der Waals surface area contributed by atoms with Gasteiger partial charge in [0.15, 0.2) is 0 Å². The lowest BCUT2D eigenvalue weighted by Gasteiger charge is -2.23. The molecule has 2 aromatic carbocycles. The van der Waals surface area contributed by atoms with E-state index in [0.717, 1.165) is 5.56 Å². The maximum atomic E-state index is 12.8. The fourth-order valence-electron chi connectivity index (χ4n) is 4.18. The highest BCUT2D eigenvalue weighted by Gasteiger charge is 2.28. The number of hydrogen-bond donors (Lipinski definition) is 2. The first kappa shape index (κ1) is 36.6. The van der Waals surface area contributed by atoms with Crippen molar-refractivity contribution < 1.29 is 47.7 Å². The number of carbonyl (C=O) groups excluding carboxylic acids is 5. The van der Waals surface area contributed by atoms with Crippen LogP contribution in [-0.2, 0) is 63.9 Å². The molecule has 12 heteroatoms. The van der Waals surface area contributed by atoms with Gasteiger partial charge in [-0.25, -0.2) is 19.2 Å². The summed E-state index contributed by atoms with van der Waals surface area (Å²) in [5.74, 6) is -1.93. The van der Waals surface area contributed by atoms with Crippen molar-refractivity contribution >= 4 is 30.1 Å². The summed E-state index contributed by atoms with van der Waals surface area (Å²) in [5.41, 5.74) is 0.798. The van der Waals surface area contributed by atoms with Gasteiger partial charge in [0.25, 0.3) is 0 Å². The van der Waals surface area contributed by atoms with Crippen molar-refractivity contribution in [3.05, 3.63) is 70.8 Å². The number of rotatable bonds is 12. The second kappa shape index (κ2) is 16.5. The Morgan fingerprint density at radius 3 is 1.47 bits per heavy atom. The lowest BCUT2D eigenvalue weighted by atomic mass is 9.95. The van der Waals surface area contributed by atoms with Crippen LogP contribution >= 0.6 is 0 Å². The van der Waals surface area contributed by atoms with Gasteiger partial charge in [-0.15, -0.1) is 0 Å².